The lowest BCUT2D eigenvalue weighted by Crippen LogP contribution is -2.39. The molecular weight excluding hydrogens is 286 g/mol. The Balaban J connectivity index is 2.00. The molecule has 1 amide bonds. The van der Waals surface area contributed by atoms with Gasteiger partial charge >= 0.3 is 0 Å². The van der Waals surface area contributed by atoms with Crippen LogP contribution in [0.3, 0.4) is 0 Å². The van der Waals surface area contributed by atoms with Crippen molar-refractivity contribution in [1.29, 1.82) is 0 Å². The highest BCUT2D eigenvalue weighted by Gasteiger charge is 2.20. The van der Waals surface area contributed by atoms with Crippen LogP contribution in [0.4, 0.5) is 0 Å². The quantitative estimate of drug-likeness (QED) is 0.862. The van der Waals surface area contributed by atoms with Crippen LogP contribution in [-0.2, 0) is 4.79 Å². The molecule has 0 fully saturated rings. The van der Waals surface area contributed by atoms with E-state index in [0.29, 0.717) is 6.42 Å². The topological polar surface area (TPSA) is 38.3 Å². The number of benzene rings is 2. The molecule has 0 saturated heterocycles. The molecule has 0 aliphatic rings. The Morgan fingerprint density at radius 1 is 1.09 bits per heavy atom. The van der Waals surface area contributed by atoms with Crippen LogP contribution in [0.25, 0.3) is 0 Å². The number of amides is 1. The van der Waals surface area contributed by atoms with Crippen LogP contribution in [-0.4, -0.2) is 12.0 Å². The van der Waals surface area contributed by atoms with E-state index in [1.54, 1.807) is 0 Å². The number of carbonyl (C=O) groups excluding carboxylic acids is 1. The Labute approximate surface area is 138 Å². The molecule has 0 radical (unpaired) electrons. The van der Waals surface area contributed by atoms with E-state index in [9.17, 15) is 4.79 Å². The van der Waals surface area contributed by atoms with E-state index in [2.05, 4.69) is 24.4 Å². The summed E-state index contributed by atoms with van der Waals surface area (Å²) in [6.07, 6.45) is 0.144. The maximum absolute atomic E-state index is 12.5. The minimum atomic E-state index is -0.482. The number of rotatable bonds is 6. The van der Waals surface area contributed by atoms with E-state index in [1.807, 2.05) is 57.2 Å². The van der Waals surface area contributed by atoms with Crippen molar-refractivity contribution < 1.29 is 9.53 Å². The smallest absolute Gasteiger partial charge is 0.261 e. The van der Waals surface area contributed by atoms with Crippen molar-refractivity contribution in [1.82, 2.24) is 5.32 Å². The molecule has 0 aliphatic heterocycles. The van der Waals surface area contributed by atoms with Crippen molar-refractivity contribution in [3.8, 4) is 5.75 Å². The van der Waals surface area contributed by atoms with E-state index >= 15 is 0 Å². The first-order chi connectivity index (χ1) is 11.0. The van der Waals surface area contributed by atoms with E-state index in [-0.39, 0.29) is 11.9 Å². The molecule has 2 aromatic rings. The maximum Gasteiger partial charge on any atom is 0.261 e. The molecule has 0 unspecified atom stereocenters. The summed E-state index contributed by atoms with van der Waals surface area (Å²) in [5.74, 6) is 0.650. The number of hydrogen-bond donors (Lipinski definition) is 1. The first-order valence-electron chi connectivity index (χ1n) is 8.10. The molecule has 0 aliphatic carbocycles. The summed E-state index contributed by atoms with van der Waals surface area (Å²) in [5, 5.41) is 3.04. The average Bonchev–Trinajstić information content (AvgIpc) is 2.53. The van der Waals surface area contributed by atoms with Gasteiger partial charge in [-0.05, 0) is 50.5 Å². The van der Waals surface area contributed by atoms with Crippen LogP contribution >= 0.6 is 0 Å². The summed E-state index contributed by atoms with van der Waals surface area (Å²) < 4.78 is 5.85. The van der Waals surface area contributed by atoms with Gasteiger partial charge in [0.15, 0.2) is 6.10 Å². The lowest BCUT2D eigenvalue weighted by molar-refractivity contribution is -0.128. The fourth-order valence-electron chi connectivity index (χ4n) is 2.42. The Bertz CT molecular complexity index is 649. The zero-order valence-electron chi connectivity index (χ0n) is 14.3. The monoisotopic (exact) mass is 311 g/mol. The summed E-state index contributed by atoms with van der Waals surface area (Å²) in [4.78, 5) is 12.5. The highest BCUT2D eigenvalue weighted by atomic mass is 16.5. The lowest BCUT2D eigenvalue weighted by atomic mass is 10.1. The zero-order valence-corrected chi connectivity index (χ0v) is 14.3. The Kier molecular flexibility index (Phi) is 5.80. The van der Waals surface area contributed by atoms with Gasteiger partial charge in [-0.3, -0.25) is 4.79 Å². The Morgan fingerprint density at radius 3 is 2.39 bits per heavy atom. The summed E-state index contributed by atoms with van der Waals surface area (Å²) in [5.41, 5.74) is 3.42. The standard InChI is InChI=1S/C20H25NO2/c1-5-19(23-18-8-6-7-15(3)13-18)20(22)21-16(4)17-11-9-14(2)10-12-17/h6-13,16,19H,5H2,1-4H3,(H,21,22)/t16-,19+/m0/s1. The molecule has 2 rings (SSSR count). The molecule has 0 heterocycles. The van der Waals surface area contributed by atoms with Crippen molar-refractivity contribution in [2.45, 2.75) is 46.3 Å². The van der Waals surface area contributed by atoms with Gasteiger partial charge in [0.05, 0.1) is 6.04 Å². The summed E-state index contributed by atoms with van der Waals surface area (Å²) in [7, 11) is 0. The van der Waals surface area contributed by atoms with Gasteiger partial charge < -0.3 is 10.1 Å². The normalized spacial score (nSPS) is 13.2. The predicted molar refractivity (Wildman–Crippen MR) is 93.6 cm³/mol. The Hall–Kier alpha value is -2.29. The third-order valence-corrected chi connectivity index (χ3v) is 3.87. The summed E-state index contributed by atoms with van der Waals surface area (Å²) >= 11 is 0. The molecular formula is C20H25NO2. The first-order valence-corrected chi connectivity index (χ1v) is 8.10. The highest BCUT2D eigenvalue weighted by Crippen LogP contribution is 2.17. The SMILES string of the molecule is CC[C@@H](Oc1cccc(C)c1)C(=O)N[C@@H](C)c1ccc(C)cc1. The van der Waals surface area contributed by atoms with Gasteiger partial charge in [0.1, 0.15) is 5.75 Å². The molecule has 0 aromatic heterocycles. The molecule has 0 saturated carbocycles. The number of aryl methyl sites for hydroxylation is 2. The molecule has 1 N–H and O–H groups in total. The van der Waals surface area contributed by atoms with Gasteiger partial charge in [-0.2, -0.15) is 0 Å². The number of hydrogen-bond acceptors (Lipinski definition) is 2. The lowest BCUT2D eigenvalue weighted by Gasteiger charge is -2.21. The predicted octanol–water partition coefficient (Wildman–Crippen LogP) is 4.34. The second-order valence-corrected chi connectivity index (χ2v) is 5.97. The van der Waals surface area contributed by atoms with Crippen molar-refractivity contribution in [2.24, 2.45) is 0 Å². The molecule has 3 nitrogen and oxygen atoms in total. The molecule has 0 bridgehead atoms. The average molecular weight is 311 g/mol. The maximum atomic E-state index is 12.5. The van der Waals surface area contributed by atoms with Gasteiger partial charge in [0.25, 0.3) is 5.91 Å². The van der Waals surface area contributed by atoms with Crippen LogP contribution in [0.2, 0.25) is 0 Å². The van der Waals surface area contributed by atoms with E-state index in [4.69, 9.17) is 4.74 Å². The van der Waals surface area contributed by atoms with Gasteiger partial charge in [0.2, 0.25) is 0 Å². The minimum Gasteiger partial charge on any atom is -0.481 e. The van der Waals surface area contributed by atoms with Gasteiger partial charge in [-0.15, -0.1) is 0 Å². The van der Waals surface area contributed by atoms with E-state index < -0.39 is 6.10 Å². The summed E-state index contributed by atoms with van der Waals surface area (Å²) in [6, 6.07) is 15.9. The Morgan fingerprint density at radius 2 is 1.78 bits per heavy atom. The van der Waals surface area contributed by atoms with Crippen molar-refractivity contribution in [3.05, 3.63) is 65.2 Å². The number of nitrogens with one attached hydrogen (secondary N) is 1. The van der Waals surface area contributed by atoms with Crippen LogP contribution in [0.5, 0.6) is 5.75 Å². The third kappa shape index (κ3) is 4.85. The fraction of sp³-hybridized carbons (Fsp3) is 0.350. The second kappa shape index (κ2) is 7.82. The van der Waals surface area contributed by atoms with Gasteiger partial charge in [-0.1, -0.05) is 48.9 Å². The number of ether oxygens (including phenoxy) is 1. The molecule has 23 heavy (non-hydrogen) atoms. The van der Waals surface area contributed by atoms with Gasteiger partial charge in [-0.25, -0.2) is 0 Å². The van der Waals surface area contributed by atoms with Gasteiger partial charge in [0, 0.05) is 0 Å². The second-order valence-electron chi connectivity index (χ2n) is 5.97. The molecule has 2 aromatic carbocycles. The minimum absolute atomic E-state index is 0.0433. The largest absolute Gasteiger partial charge is 0.481 e. The van der Waals surface area contributed by atoms with Crippen LogP contribution in [0.15, 0.2) is 48.5 Å². The molecule has 122 valence electrons. The fourth-order valence-corrected chi connectivity index (χ4v) is 2.42. The van der Waals surface area contributed by atoms with E-state index in [1.165, 1.54) is 5.56 Å². The van der Waals surface area contributed by atoms with Crippen molar-refractivity contribution >= 4 is 5.91 Å². The molecule has 2 atom stereocenters. The first kappa shape index (κ1) is 17.1. The van der Waals surface area contributed by atoms with Crippen LogP contribution in [0.1, 0.15) is 43.0 Å². The highest BCUT2D eigenvalue weighted by molar-refractivity contribution is 5.81. The van der Waals surface area contributed by atoms with Crippen LogP contribution in [0, 0.1) is 13.8 Å². The number of carbonyl (C=O) groups is 1. The third-order valence-electron chi connectivity index (χ3n) is 3.87. The van der Waals surface area contributed by atoms with E-state index in [0.717, 1.165) is 16.9 Å². The van der Waals surface area contributed by atoms with Crippen molar-refractivity contribution in [2.75, 3.05) is 0 Å². The molecule has 0 spiro atoms. The zero-order chi connectivity index (χ0) is 16.8. The van der Waals surface area contributed by atoms with Crippen molar-refractivity contribution in [3.63, 3.8) is 0 Å². The summed E-state index contributed by atoms with van der Waals surface area (Å²) in [6.45, 7) is 8.00. The molecule has 3 heteroatoms. The van der Waals surface area contributed by atoms with Crippen LogP contribution < -0.4 is 10.1 Å².